The minimum absolute atomic E-state index is 0.0471. The molecule has 0 unspecified atom stereocenters. The van der Waals surface area contributed by atoms with Crippen LogP contribution in [0.3, 0.4) is 0 Å². The molecular weight excluding hydrogens is 318 g/mol. The van der Waals surface area contributed by atoms with Gasteiger partial charge in [-0.15, -0.1) is 0 Å². The van der Waals surface area contributed by atoms with Gasteiger partial charge < -0.3 is 15.4 Å². The van der Waals surface area contributed by atoms with Crippen LogP contribution in [-0.2, 0) is 26.0 Å². The van der Waals surface area contributed by atoms with Gasteiger partial charge in [-0.2, -0.15) is 0 Å². The number of hydrogen-bond acceptors (Lipinski definition) is 5. The number of anilines is 1. The third kappa shape index (κ3) is 2.99. The van der Waals surface area contributed by atoms with E-state index in [4.69, 9.17) is 10.5 Å². The first-order chi connectivity index (χ1) is 11.0. The van der Waals surface area contributed by atoms with E-state index in [1.165, 1.54) is 13.1 Å². The highest BCUT2D eigenvalue weighted by molar-refractivity contribution is 7.89. The minimum Gasteiger partial charge on any atom is -0.364 e. The lowest BCUT2D eigenvalue weighted by molar-refractivity contribution is -0.129. The van der Waals surface area contributed by atoms with Crippen molar-refractivity contribution in [2.24, 2.45) is 5.73 Å². The van der Waals surface area contributed by atoms with E-state index in [0.29, 0.717) is 25.9 Å². The van der Waals surface area contributed by atoms with E-state index in [-0.39, 0.29) is 16.9 Å². The topological polar surface area (TPSA) is 102 Å². The highest BCUT2D eigenvalue weighted by Gasteiger charge is 2.36. The van der Waals surface area contributed by atoms with Crippen LogP contribution in [0.4, 0.5) is 5.69 Å². The lowest BCUT2D eigenvalue weighted by atomic mass is 10.1. The van der Waals surface area contributed by atoms with E-state index in [2.05, 4.69) is 4.72 Å². The largest absolute Gasteiger partial charge is 0.364 e. The van der Waals surface area contributed by atoms with Crippen molar-refractivity contribution in [2.75, 3.05) is 25.0 Å². The maximum atomic E-state index is 12.6. The van der Waals surface area contributed by atoms with Crippen molar-refractivity contribution < 1.29 is 17.9 Å². The first kappa shape index (κ1) is 16.4. The molecule has 2 heterocycles. The number of hydrogen-bond donors (Lipinski definition) is 2. The number of rotatable bonds is 4. The zero-order valence-corrected chi connectivity index (χ0v) is 13.8. The van der Waals surface area contributed by atoms with Crippen LogP contribution in [0, 0.1) is 0 Å². The summed E-state index contributed by atoms with van der Waals surface area (Å²) < 4.78 is 31.7. The van der Waals surface area contributed by atoms with E-state index in [9.17, 15) is 13.2 Å². The maximum Gasteiger partial charge on any atom is 0.256 e. The van der Waals surface area contributed by atoms with Gasteiger partial charge in [0.25, 0.3) is 5.91 Å². The summed E-state index contributed by atoms with van der Waals surface area (Å²) in [7, 11) is -2.10. The second kappa shape index (κ2) is 6.20. The van der Waals surface area contributed by atoms with Gasteiger partial charge >= 0.3 is 0 Å². The molecule has 0 aromatic heterocycles. The highest BCUT2D eigenvalue weighted by atomic mass is 32.2. The molecule has 126 valence electrons. The number of carbonyl (C=O) groups excluding carboxylic acids is 1. The second-order valence-corrected chi connectivity index (χ2v) is 7.68. The summed E-state index contributed by atoms with van der Waals surface area (Å²) in [6.07, 6.45) is 1.62. The number of benzene rings is 1. The van der Waals surface area contributed by atoms with Crippen molar-refractivity contribution in [3.05, 3.63) is 23.8 Å². The molecule has 0 saturated carbocycles. The zero-order valence-electron chi connectivity index (χ0n) is 13.0. The average molecular weight is 339 g/mol. The molecule has 23 heavy (non-hydrogen) atoms. The number of nitrogens with zero attached hydrogens (tertiary/aromatic N) is 1. The molecule has 1 saturated heterocycles. The number of amides is 1. The van der Waals surface area contributed by atoms with Gasteiger partial charge in [0.1, 0.15) is 6.10 Å². The third-order valence-corrected chi connectivity index (χ3v) is 5.85. The lowest BCUT2D eigenvalue weighted by Gasteiger charge is -2.21. The first-order valence-electron chi connectivity index (χ1n) is 7.69. The SMILES string of the molecule is CNS(=O)(=O)c1ccc2c(c1)CCN2C(=O)[C@@H]1CC[C@H](CN)O1. The maximum absolute atomic E-state index is 12.6. The molecule has 2 aliphatic rings. The van der Waals surface area contributed by atoms with Crippen LogP contribution in [0.2, 0.25) is 0 Å². The van der Waals surface area contributed by atoms with Crippen molar-refractivity contribution in [2.45, 2.75) is 36.4 Å². The van der Waals surface area contributed by atoms with Crippen molar-refractivity contribution in [1.82, 2.24) is 4.72 Å². The number of nitrogens with one attached hydrogen (secondary N) is 1. The van der Waals surface area contributed by atoms with E-state index in [0.717, 1.165) is 17.7 Å². The quantitative estimate of drug-likeness (QED) is 0.803. The molecule has 3 rings (SSSR count). The molecular formula is C15H21N3O4S. The predicted molar refractivity (Wildman–Crippen MR) is 85.7 cm³/mol. The fraction of sp³-hybridized carbons (Fsp3) is 0.533. The van der Waals surface area contributed by atoms with Crippen molar-refractivity contribution in [3.63, 3.8) is 0 Å². The van der Waals surface area contributed by atoms with Gasteiger partial charge in [-0.25, -0.2) is 13.1 Å². The molecule has 0 spiro atoms. The standard InChI is InChI=1S/C15H21N3O4S/c1-17-23(20,21)12-3-4-13-10(8-12)6-7-18(13)15(19)14-5-2-11(9-16)22-14/h3-4,8,11,14,17H,2,5-7,9,16H2,1H3/t11-,14+/m1/s1. The Labute approximate surface area is 135 Å². The Hall–Kier alpha value is -1.48. The summed E-state index contributed by atoms with van der Waals surface area (Å²) in [5.41, 5.74) is 7.22. The minimum atomic E-state index is -3.48. The first-order valence-corrected chi connectivity index (χ1v) is 9.18. The summed E-state index contributed by atoms with van der Waals surface area (Å²) in [6.45, 7) is 0.968. The van der Waals surface area contributed by atoms with Gasteiger partial charge in [-0.3, -0.25) is 4.79 Å². The number of carbonyl (C=O) groups is 1. The Balaban J connectivity index is 1.81. The van der Waals surface area contributed by atoms with Crippen LogP contribution in [-0.4, -0.2) is 46.7 Å². The van der Waals surface area contributed by atoms with Gasteiger partial charge in [-0.1, -0.05) is 0 Å². The average Bonchev–Trinajstić information content (AvgIpc) is 3.20. The Morgan fingerprint density at radius 3 is 2.87 bits per heavy atom. The fourth-order valence-corrected chi connectivity index (χ4v) is 3.91. The molecule has 1 aromatic carbocycles. The predicted octanol–water partition coefficient (Wildman–Crippen LogP) is -0.00990. The van der Waals surface area contributed by atoms with Crippen molar-refractivity contribution in [1.29, 1.82) is 0 Å². The molecule has 2 aliphatic heterocycles. The highest BCUT2D eigenvalue weighted by Crippen LogP contribution is 2.32. The van der Waals surface area contributed by atoms with Gasteiger partial charge in [0, 0.05) is 18.8 Å². The van der Waals surface area contributed by atoms with Crippen LogP contribution < -0.4 is 15.4 Å². The smallest absolute Gasteiger partial charge is 0.256 e. The Bertz CT molecular complexity index is 719. The Morgan fingerprint density at radius 2 is 2.22 bits per heavy atom. The second-order valence-electron chi connectivity index (χ2n) is 5.80. The molecule has 1 aromatic rings. The molecule has 0 bridgehead atoms. The molecule has 0 radical (unpaired) electrons. The van der Waals surface area contributed by atoms with Gasteiger partial charge in [0.2, 0.25) is 10.0 Å². The van der Waals surface area contributed by atoms with Crippen molar-refractivity contribution >= 4 is 21.6 Å². The van der Waals surface area contributed by atoms with Crippen LogP contribution in [0.5, 0.6) is 0 Å². The van der Waals surface area contributed by atoms with E-state index >= 15 is 0 Å². The molecule has 7 nitrogen and oxygen atoms in total. The number of sulfonamides is 1. The molecule has 1 amide bonds. The van der Waals surface area contributed by atoms with Crippen molar-refractivity contribution in [3.8, 4) is 0 Å². The monoisotopic (exact) mass is 339 g/mol. The molecule has 8 heteroatoms. The summed E-state index contributed by atoms with van der Waals surface area (Å²) in [4.78, 5) is 14.5. The summed E-state index contributed by atoms with van der Waals surface area (Å²) >= 11 is 0. The summed E-state index contributed by atoms with van der Waals surface area (Å²) in [5, 5.41) is 0. The van der Waals surface area contributed by atoms with Crippen LogP contribution in [0.25, 0.3) is 0 Å². The zero-order chi connectivity index (χ0) is 16.6. The van der Waals surface area contributed by atoms with Crippen LogP contribution >= 0.6 is 0 Å². The van der Waals surface area contributed by atoms with Gasteiger partial charge in [-0.05, 0) is 50.1 Å². The normalized spacial score (nSPS) is 24.0. The lowest BCUT2D eigenvalue weighted by Crippen LogP contribution is -2.38. The molecule has 2 atom stereocenters. The summed E-state index contributed by atoms with van der Waals surface area (Å²) in [5.74, 6) is -0.0658. The third-order valence-electron chi connectivity index (χ3n) is 4.44. The van der Waals surface area contributed by atoms with E-state index in [1.54, 1.807) is 17.0 Å². The number of nitrogens with two attached hydrogens (primary N) is 1. The van der Waals surface area contributed by atoms with Gasteiger partial charge in [0.15, 0.2) is 0 Å². The van der Waals surface area contributed by atoms with Crippen LogP contribution in [0.1, 0.15) is 18.4 Å². The number of fused-ring (bicyclic) bond motifs is 1. The Morgan fingerprint density at radius 1 is 1.43 bits per heavy atom. The Kier molecular flexibility index (Phi) is 4.41. The molecule has 1 fully saturated rings. The fourth-order valence-electron chi connectivity index (χ4n) is 3.13. The van der Waals surface area contributed by atoms with E-state index in [1.807, 2.05) is 0 Å². The summed E-state index contributed by atoms with van der Waals surface area (Å²) in [6, 6.07) is 4.85. The van der Waals surface area contributed by atoms with E-state index < -0.39 is 16.1 Å². The molecule has 3 N–H and O–H groups in total. The van der Waals surface area contributed by atoms with Gasteiger partial charge in [0.05, 0.1) is 11.0 Å². The molecule has 0 aliphatic carbocycles. The van der Waals surface area contributed by atoms with Crippen LogP contribution in [0.15, 0.2) is 23.1 Å². The number of ether oxygens (including phenoxy) is 1.